The van der Waals surface area contributed by atoms with Gasteiger partial charge in [-0.2, -0.15) is 5.26 Å². The predicted molar refractivity (Wildman–Crippen MR) is 111 cm³/mol. The molecule has 2 aromatic carbocycles. The highest BCUT2D eigenvalue weighted by Crippen LogP contribution is 2.34. The van der Waals surface area contributed by atoms with Gasteiger partial charge in [-0.25, -0.2) is 0 Å². The van der Waals surface area contributed by atoms with E-state index in [9.17, 15) is 0 Å². The van der Waals surface area contributed by atoms with E-state index in [2.05, 4.69) is 35.7 Å². The van der Waals surface area contributed by atoms with Crippen molar-refractivity contribution in [1.82, 2.24) is 10.6 Å². The highest BCUT2D eigenvalue weighted by molar-refractivity contribution is 5.83. The maximum Gasteiger partial charge on any atom is 0.190 e. The minimum absolute atomic E-state index is 0.454. The summed E-state index contributed by atoms with van der Waals surface area (Å²) in [7, 11) is 1.74. The van der Waals surface area contributed by atoms with E-state index in [0.717, 1.165) is 22.6 Å². The molecule has 0 saturated heterocycles. The van der Waals surface area contributed by atoms with E-state index in [1.807, 2.05) is 54.7 Å². The molecule has 1 heterocycles. The average molecular weight is 372 g/mol. The largest absolute Gasteiger partial charge is 0.442 e. The van der Waals surface area contributed by atoms with Gasteiger partial charge in [-0.1, -0.05) is 24.8 Å². The lowest BCUT2D eigenvalue weighted by Gasteiger charge is -2.12. The Morgan fingerprint density at radius 3 is 2.64 bits per heavy atom. The van der Waals surface area contributed by atoms with Crippen LogP contribution in [0.4, 0.5) is 5.69 Å². The lowest BCUT2D eigenvalue weighted by molar-refractivity contribution is 0.395. The second-order valence-corrected chi connectivity index (χ2v) is 5.98. The Labute approximate surface area is 164 Å². The molecule has 0 aliphatic carbocycles. The number of hydrogen-bond acceptors (Lipinski definition) is 6. The SMILES string of the molecule is C=C(NC)Oc1ccc(C(=C)/C(=C/c2ccc3c(c2)NC(=C)O3)NC#N)cc1. The lowest BCUT2D eigenvalue weighted by Crippen LogP contribution is -2.10. The molecule has 0 atom stereocenters. The number of rotatable bonds is 7. The Balaban J connectivity index is 1.84. The van der Waals surface area contributed by atoms with E-state index in [1.54, 1.807) is 7.05 Å². The Kier molecular flexibility index (Phi) is 5.38. The number of hydrogen-bond donors (Lipinski definition) is 3. The smallest absolute Gasteiger partial charge is 0.190 e. The van der Waals surface area contributed by atoms with Crippen LogP contribution in [0.1, 0.15) is 11.1 Å². The molecular formula is C22H20N4O2. The van der Waals surface area contributed by atoms with Gasteiger partial charge < -0.3 is 20.1 Å². The number of fused-ring (bicyclic) bond motifs is 1. The summed E-state index contributed by atoms with van der Waals surface area (Å²) in [6.07, 6.45) is 3.81. The van der Waals surface area contributed by atoms with E-state index < -0.39 is 0 Å². The van der Waals surface area contributed by atoms with Crippen molar-refractivity contribution in [3.63, 3.8) is 0 Å². The molecule has 0 unspecified atom stereocenters. The van der Waals surface area contributed by atoms with Crippen LogP contribution in [0.2, 0.25) is 0 Å². The summed E-state index contributed by atoms with van der Waals surface area (Å²) in [5.74, 6) is 2.31. The molecule has 0 bridgehead atoms. The lowest BCUT2D eigenvalue weighted by atomic mass is 10.0. The predicted octanol–water partition coefficient (Wildman–Crippen LogP) is 4.16. The summed E-state index contributed by atoms with van der Waals surface area (Å²) >= 11 is 0. The Morgan fingerprint density at radius 2 is 1.96 bits per heavy atom. The van der Waals surface area contributed by atoms with Gasteiger partial charge in [0.2, 0.25) is 0 Å². The number of ether oxygens (including phenoxy) is 2. The van der Waals surface area contributed by atoms with Crippen LogP contribution in [0.15, 0.2) is 79.7 Å². The van der Waals surface area contributed by atoms with Gasteiger partial charge in [0, 0.05) is 7.05 Å². The van der Waals surface area contributed by atoms with Crippen molar-refractivity contribution in [2.45, 2.75) is 0 Å². The summed E-state index contributed by atoms with van der Waals surface area (Å²) in [6, 6.07) is 13.0. The third-order valence-electron chi connectivity index (χ3n) is 4.06. The van der Waals surface area contributed by atoms with Crippen LogP contribution in [0.25, 0.3) is 11.6 Å². The van der Waals surface area contributed by atoms with Crippen LogP contribution in [0, 0.1) is 11.5 Å². The topological polar surface area (TPSA) is 78.3 Å². The van der Waals surface area contributed by atoms with Crippen LogP contribution in [0.3, 0.4) is 0 Å². The Hall–Kier alpha value is -4.11. The van der Waals surface area contributed by atoms with E-state index in [-0.39, 0.29) is 0 Å². The number of allylic oxidation sites excluding steroid dienone is 1. The fourth-order valence-corrected chi connectivity index (χ4v) is 2.63. The Bertz CT molecular complexity index is 1010. The molecule has 0 amide bonds. The van der Waals surface area contributed by atoms with Crippen LogP contribution < -0.4 is 25.4 Å². The normalized spacial score (nSPS) is 12.1. The quantitative estimate of drug-likeness (QED) is 0.293. The van der Waals surface area contributed by atoms with Gasteiger partial charge >= 0.3 is 0 Å². The minimum Gasteiger partial charge on any atom is -0.442 e. The van der Waals surface area contributed by atoms with E-state index in [4.69, 9.17) is 14.7 Å². The van der Waals surface area contributed by atoms with Crippen molar-refractivity contribution >= 4 is 17.3 Å². The third kappa shape index (κ3) is 4.17. The van der Waals surface area contributed by atoms with Gasteiger partial charge in [0.25, 0.3) is 0 Å². The van der Waals surface area contributed by atoms with Crippen LogP contribution >= 0.6 is 0 Å². The van der Waals surface area contributed by atoms with Crippen molar-refractivity contribution in [3.05, 3.63) is 90.8 Å². The van der Waals surface area contributed by atoms with Crippen molar-refractivity contribution < 1.29 is 9.47 Å². The van der Waals surface area contributed by atoms with E-state index in [1.165, 1.54) is 0 Å². The maximum absolute atomic E-state index is 9.15. The average Bonchev–Trinajstić information content (AvgIpc) is 3.07. The molecule has 0 saturated carbocycles. The molecule has 0 fully saturated rings. The maximum atomic E-state index is 9.15. The number of nitrogens with one attached hydrogen (secondary N) is 3. The summed E-state index contributed by atoms with van der Waals surface area (Å²) in [6.45, 7) is 11.6. The van der Waals surface area contributed by atoms with Crippen LogP contribution in [0.5, 0.6) is 11.5 Å². The molecule has 0 radical (unpaired) electrons. The number of nitrogens with zero attached hydrogens (tertiary/aromatic N) is 1. The van der Waals surface area contributed by atoms with Gasteiger partial charge in [-0.15, -0.1) is 0 Å². The van der Waals surface area contributed by atoms with Gasteiger partial charge in [0.15, 0.2) is 23.7 Å². The van der Waals surface area contributed by atoms with Gasteiger partial charge in [-0.05, 0) is 60.2 Å². The fourth-order valence-electron chi connectivity index (χ4n) is 2.63. The molecule has 1 aliphatic rings. The van der Waals surface area contributed by atoms with Crippen molar-refractivity contribution in [3.8, 4) is 17.7 Å². The molecule has 1 aliphatic heterocycles. The van der Waals surface area contributed by atoms with Crippen molar-refractivity contribution in [2.24, 2.45) is 0 Å². The molecule has 140 valence electrons. The Morgan fingerprint density at radius 1 is 1.21 bits per heavy atom. The number of nitriles is 1. The summed E-state index contributed by atoms with van der Waals surface area (Å²) in [5, 5.41) is 17.7. The van der Waals surface area contributed by atoms with Crippen molar-refractivity contribution in [2.75, 3.05) is 12.4 Å². The first-order chi connectivity index (χ1) is 13.5. The first kappa shape index (κ1) is 18.7. The van der Waals surface area contributed by atoms with Gasteiger partial charge in [-0.3, -0.25) is 5.32 Å². The second kappa shape index (κ2) is 8.06. The zero-order chi connectivity index (χ0) is 20.1. The monoisotopic (exact) mass is 372 g/mol. The van der Waals surface area contributed by atoms with E-state index in [0.29, 0.717) is 28.8 Å². The molecular weight excluding hydrogens is 352 g/mol. The standard InChI is InChI=1S/C22H20N4O2/c1-14(18-6-8-19(9-7-18)27-15(2)24-4)20(25-13-23)11-17-5-10-22-21(12-17)26-16(3)28-22/h5-12,24-26H,1-3H2,4H3/b20-11-. The fraction of sp³-hybridized carbons (Fsp3) is 0.0455. The zero-order valence-corrected chi connectivity index (χ0v) is 15.5. The highest BCUT2D eigenvalue weighted by atomic mass is 16.5. The zero-order valence-electron chi connectivity index (χ0n) is 15.5. The molecule has 6 heteroatoms. The first-order valence-electron chi connectivity index (χ1n) is 8.49. The molecule has 0 aromatic heterocycles. The molecule has 3 rings (SSSR count). The summed E-state index contributed by atoms with van der Waals surface area (Å²) < 4.78 is 11.0. The highest BCUT2D eigenvalue weighted by Gasteiger charge is 2.15. The summed E-state index contributed by atoms with van der Waals surface area (Å²) in [4.78, 5) is 0. The number of anilines is 1. The molecule has 28 heavy (non-hydrogen) atoms. The van der Waals surface area contributed by atoms with Gasteiger partial charge in [0.05, 0.1) is 11.4 Å². The summed E-state index contributed by atoms with van der Waals surface area (Å²) in [5.41, 5.74) is 3.83. The third-order valence-corrected chi connectivity index (χ3v) is 4.06. The number of benzene rings is 2. The van der Waals surface area contributed by atoms with E-state index >= 15 is 0 Å². The van der Waals surface area contributed by atoms with Gasteiger partial charge in [0.1, 0.15) is 5.75 Å². The minimum atomic E-state index is 0.454. The van der Waals surface area contributed by atoms with Crippen LogP contribution in [-0.4, -0.2) is 7.05 Å². The van der Waals surface area contributed by atoms with Crippen LogP contribution in [-0.2, 0) is 0 Å². The van der Waals surface area contributed by atoms with Crippen molar-refractivity contribution in [1.29, 1.82) is 5.26 Å². The first-order valence-corrected chi connectivity index (χ1v) is 8.49. The second-order valence-electron chi connectivity index (χ2n) is 5.98. The molecule has 3 N–H and O–H groups in total. The molecule has 0 spiro atoms. The molecule has 2 aromatic rings. The molecule has 6 nitrogen and oxygen atoms in total.